The maximum Gasteiger partial charge on any atom is 0.0527 e. The number of nitrogens with one attached hydrogen (secondary N) is 1. The average molecular weight is 174 g/mol. The lowest BCUT2D eigenvalue weighted by Crippen LogP contribution is -2.41. The summed E-state index contributed by atoms with van der Waals surface area (Å²) in [5.74, 6) is 0. The first-order chi connectivity index (χ1) is 5.20. The normalized spacial score (nSPS) is 18.0. The van der Waals surface area contributed by atoms with Gasteiger partial charge in [-0.3, -0.25) is 0 Å². The van der Waals surface area contributed by atoms with Crippen LogP contribution in [0.3, 0.4) is 0 Å². The van der Waals surface area contributed by atoms with Crippen molar-refractivity contribution < 1.29 is 0 Å². The van der Waals surface area contributed by atoms with Gasteiger partial charge in [0.05, 0.1) is 6.54 Å². The second-order valence-electron chi connectivity index (χ2n) is 2.69. The van der Waals surface area contributed by atoms with Crippen molar-refractivity contribution in [1.29, 1.82) is 0 Å². The van der Waals surface area contributed by atoms with Crippen molar-refractivity contribution in [3.63, 3.8) is 0 Å². The van der Waals surface area contributed by atoms with Gasteiger partial charge in [-0.05, 0) is 26.9 Å². The Labute approximate surface area is 72.9 Å². The molecule has 1 aliphatic heterocycles. The Morgan fingerprint density at radius 2 is 2.27 bits per heavy atom. The largest absolute Gasteiger partial charge is 0.308 e. The van der Waals surface area contributed by atoms with Crippen molar-refractivity contribution in [3.05, 3.63) is 12.4 Å². The van der Waals surface area contributed by atoms with Crippen LogP contribution in [0.15, 0.2) is 12.4 Å². The van der Waals surface area contributed by atoms with Crippen LogP contribution in [0.4, 0.5) is 0 Å². The highest BCUT2D eigenvalue weighted by molar-refractivity contribution is 7.77. The fourth-order valence-corrected chi connectivity index (χ4v) is 0.995. The SMILES string of the molecule is CN(C)CCN1NC=CN1S. The standard InChI is InChI=1S/C6H14N4S/c1-8(2)5-6-9-7-3-4-10(9)11/h3-4,7,11H,5-6H2,1-2H3. The Bertz CT molecular complexity index is 148. The zero-order valence-electron chi connectivity index (χ0n) is 6.86. The molecule has 0 bridgehead atoms. The van der Waals surface area contributed by atoms with E-state index >= 15 is 0 Å². The summed E-state index contributed by atoms with van der Waals surface area (Å²) in [7, 11) is 4.10. The van der Waals surface area contributed by atoms with Gasteiger partial charge in [-0.2, -0.15) is 0 Å². The van der Waals surface area contributed by atoms with Gasteiger partial charge in [0.2, 0.25) is 0 Å². The molecule has 4 nitrogen and oxygen atoms in total. The molecule has 1 heterocycles. The lowest BCUT2D eigenvalue weighted by molar-refractivity contribution is 0.0868. The van der Waals surface area contributed by atoms with E-state index < -0.39 is 0 Å². The summed E-state index contributed by atoms with van der Waals surface area (Å²) in [6.07, 6.45) is 3.71. The fraction of sp³-hybridized carbons (Fsp3) is 0.667. The lowest BCUT2D eigenvalue weighted by Gasteiger charge is -2.24. The zero-order chi connectivity index (χ0) is 8.27. The minimum atomic E-state index is 0.920. The Balaban J connectivity index is 2.18. The van der Waals surface area contributed by atoms with E-state index in [9.17, 15) is 0 Å². The highest BCUT2D eigenvalue weighted by Crippen LogP contribution is 2.04. The van der Waals surface area contributed by atoms with Crippen LogP contribution in [0.1, 0.15) is 0 Å². The van der Waals surface area contributed by atoms with Crippen molar-refractivity contribution in [2.75, 3.05) is 27.2 Å². The van der Waals surface area contributed by atoms with E-state index in [0.29, 0.717) is 0 Å². The van der Waals surface area contributed by atoms with Crippen molar-refractivity contribution in [2.24, 2.45) is 0 Å². The molecule has 0 aromatic rings. The molecular weight excluding hydrogens is 160 g/mol. The zero-order valence-corrected chi connectivity index (χ0v) is 7.75. The number of thiol groups is 1. The number of rotatable bonds is 3. The summed E-state index contributed by atoms with van der Waals surface area (Å²) in [5.41, 5.74) is 3.04. The molecule has 0 aromatic carbocycles. The maximum absolute atomic E-state index is 4.18. The molecule has 1 aliphatic rings. The maximum atomic E-state index is 4.18. The van der Waals surface area contributed by atoms with Crippen LogP contribution >= 0.6 is 12.8 Å². The Kier molecular flexibility index (Phi) is 3.04. The summed E-state index contributed by atoms with van der Waals surface area (Å²) in [6, 6.07) is 0. The van der Waals surface area contributed by atoms with Gasteiger partial charge in [-0.1, -0.05) is 0 Å². The predicted octanol–water partition coefficient (Wildman–Crippen LogP) is -0.0988. The fourth-order valence-electron chi connectivity index (χ4n) is 0.787. The lowest BCUT2D eigenvalue weighted by atomic mass is 10.6. The van der Waals surface area contributed by atoms with E-state index in [2.05, 4.69) is 23.1 Å². The molecular formula is C6H14N4S. The van der Waals surface area contributed by atoms with E-state index in [-0.39, 0.29) is 0 Å². The van der Waals surface area contributed by atoms with Crippen LogP contribution in [0.25, 0.3) is 0 Å². The quantitative estimate of drug-likeness (QED) is 0.583. The highest BCUT2D eigenvalue weighted by atomic mass is 32.1. The molecule has 0 saturated heterocycles. The third-order valence-electron chi connectivity index (χ3n) is 1.44. The van der Waals surface area contributed by atoms with Gasteiger partial charge >= 0.3 is 0 Å². The van der Waals surface area contributed by atoms with Gasteiger partial charge in [0.25, 0.3) is 0 Å². The molecule has 5 heteroatoms. The van der Waals surface area contributed by atoms with Gasteiger partial charge in [0.15, 0.2) is 0 Å². The monoisotopic (exact) mass is 174 g/mol. The van der Waals surface area contributed by atoms with Crippen LogP contribution in [-0.2, 0) is 0 Å². The average Bonchev–Trinajstić information content (AvgIpc) is 2.31. The van der Waals surface area contributed by atoms with Gasteiger partial charge < -0.3 is 10.3 Å². The van der Waals surface area contributed by atoms with E-state index in [0.717, 1.165) is 13.1 Å². The second kappa shape index (κ2) is 3.85. The van der Waals surface area contributed by atoms with E-state index in [1.807, 2.05) is 31.6 Å². The Morgan fingerprint density at radius 3 is 2.73 bits per heavy atom. The Morgan fingerprint density at radius 1 is 1.55 bits per heavy atom. The van der Waals surface area contributed by atoms with Crippen molar-refractivity contribution in [2.45, 2.75) is 0 Å². The van der Waals surface area contributed by atoms with Crippen LogP contribution < -0.4 is 5.43 Å². The van der Waals surface area contributed by atoms with Crippen LogP contribution in [-0.4, -0.2) is 41.6 Å². The van der Waals surface area contributed by atoms with E-state index in [1.165, 1.54) is 0 Å². The van der Waals surface area contributed by atoms with Crippen molar-refractivity contribution in [1.82, 2.24) is 19.9 Å². The molecule has 11 heavy (non-hydrogen) atoms. The van der Waals surface area contributed by atoms with Crippen molar-refractivity contribution >= 4 is 12.8 Å². The number of nitrogens with zero attached hydrogens (tertiary/aromatic N) is 3. The molecule has 0 fully saturated rings. The number of likely N-dealkylation sites (N-methyl/N-ethyl adjacent to an activating group) is 1. The van der Waals surface area contributed by atoms with Crippen molar-refractivity contribution in [3.8, 4) is 0 Å². The highest BCUT2D eigenvalue weighted by Gasteiger charge is 2.10. The predicted molar refractivity (Wildman–Crippen MR) is 48.4 cm³/mol. The second-order valence-corrected chi connectivity index (χ2v) is 3.10. The molecule has 0 aliphatic carbocycles. The van der Waals surface area contributed by atoms with Crippen LogP contribution in [0.2, 0.25) is 0 Å². The number of hydrazine groups is 2. The third kappa shape index (κ3) is 2.61. The minimum Gasteiger partial charge on any atom is -0.308 e. The third-order valence-corrected chi connectivity index (χ3v) is 1.79. The van der Waals surface area contributed by atoms with E-state index in [1.54, 1.807) is 4.41 Å². The first-order valence-electron chi connectivity index (χ1n) is 3.53. The molecule has 1 N–H and O–H groups in total. The van der Waals surface area contributed by atoms with Gasteiger partial charge in [-0.25, -0.2) is 4.41 Å². The Hall–Kier alpha value is -0.390. The van der Waals surface area contributed by atoms with Gasteiger partial charge in [-0.15, -0.1) is 5.12 Å². The molecule has 0 atom stereocenters. The van der Waals surface area contributed by atoms with Gasteiger partial charge in [0.1, 0.15) is 0 Å². The molecule has 0 saturated carbocycles. The summed E-state index contributed by atoms with van der Waals surface area (Å²) < 4.78 is 1.73. The van der Waals surface area contributed by atoms with Crippen LogP contribution in [0, 0.1) is 0 Å². The summed E-state index contributed by atoms with van der Waals surface area (Å²) in [5, 5.41) is 1.92. The summed E-state index contributed by atoms with van der Waals surface area (Å²) >= 11 is 4.18. The van der Waals surface area contributed by atoms with Crippen LogP contribution in [0.5, 0.6) is 0 Å². The topological polar surface area (TPSA) is 21.8 Å². The molecule has 0 aromatic heterocycles. The first-order valence-corrected chi connectivity index (χ1v) is 3.93. The van der Waals surface area contributed by atoms with E-state index in [4.69, 9.17) is 0 Å². The summed E-state index contributed by atoms with van der Waals surface area (Å²) in [6.45, 7) is 1.93. The summed E-state index contributed by atoms with van der Waals surface area (Å²) in [4.78, 5) is 2.13. The first kappa shape index (κ1) is 8.70. The molecule has 0 amide bonds. The number of hydrogen-bond acceptors (Lipinski definition) is 5. The molecule has 0 radical (unpaired) electrons. The minimum absolute atomic E-state index is 0.920. The number of hydrogen-bond donors (Lipinski definition) is 2. The molecule has 0 spiro atoms. The van der Waals surface area contributed by atoms with Gasteiger partial charge in [0, 0.05) is 18.9 Å². The molecule has 0 unspecified atom stereocenters. The smallest absolute Gasteiger partial charge is 0.0527 e. The molecule has 1 rings (SSSR count). The molecule has 64 valence electrons.